The zero-order valence-electron chi connectivity index (χ0n) is 9.49. The molecule has 0 bridgehead atoms. The van der Waals surface area contributed by atoms with Crippen LogP contribution in [0.15, 0.2) is 6.33 Å². The van der Waals surface area contributed by atoms with E-state index >= 15 is 0 Å². The lowest BCUT2D eigenvalue weighted by atomic mass is 9.89. The fourth-order valence-electron chi connectivity index (χ4n) is 1.33. The molecule has 0 atom stereocenters. The maximum absolute atomic E-state index is 5.69. The molecule has 80 valence electrons. The van der Waals surface area contributed by atoms with Crippen molar-refractivity contribution in [3.63, 3.8) is 0 Å². The number of hydrogen-bond acceptors (Lipinski definition) is 3. The van der Waals surface area contributed by atoms with Gasteiger partial charge in [0.05, 0.1) is 0 Å². The van der Waals surface area contributed by atoms with E-state index < -0.39 is 0 Å². The molecule has 14 heavy (non-hydrogen) atoms. The Bertz CT molecular complexity index is 288. The van der Waals surface area contributed by atoms with Gasteiger partial charge in [0.1, 0.15) is 12.2 Å². The van der Waals surface area contributed by atoms with Gasteiger partial charge in [-0.3, -0.25) is 0 Å². The van der Waals surface area contributed by atoms with E-state index in [0.29, 0.717) is 12.6 Å². The molecular weight excluding hydrogens is 176 g/mol. The molecule has 1 rings (SSSR count). The predicted molar refractivity (Wildman–Crippen MR) is 56.9 cm³/mol. The number of rotatable bonds is 4. The maximum Gasteiger partial charge on any atom is 0.138 e. The maximum atomic E-state index is 5.69. The van der Waals surface area contributed by atoms with Gasteiger partial charge in [0.2, 0.25) is 0 Å². The summed E-state index contributed by atoms with van der Waals surface area (Å²) in [6.07, 6.45) is 2.49. The van der Waals surface area contributed by atoms with Gasteiger partial charge in [-0.2, -0.15) is 5.10 Å². The molecule has 0 spiro atoms. The Morgan fingerprint density at radius 3 is 2.64 bits per heavy atom. The van der Waals surface area contributed by atoms with Crippen LogP contribution in [0.2, 0.25) is 0 Å². The van der Waals surface area contributed by atoms with Crippen molar-refractivity contribution in [2.75, 3.05) is 6.54 Å². The number of nitrogens with two attached hydrogens (primary N) is 1. The fourth-order valence-corrected chi connectivity index (χ4v) is 1.33. The third-order valence-corrected chi connectivity index (χ3v) is 2.33. The monoisotopic (exact) mass is 196 g/mol. The summed E-state index contributed by atoms with van der Waals surface area (Å²) < 4.78 is 1.96. The summed E-state index contributed by atoms with van der Waals surface area (Å²) >= 11 is 0. The minimum Gasteiger partial charge on any atom is -0.330 e. The lowest BCUT2D eigenvalue weighted by Gasteiger charge is -2.22. The van der Waals surface area contributed by atoms with Crippen LogP contribution in [0, 0.1) is 5.41 Å². The van der Waals surface area contributed by atoms with Crippen molar-refractivity contribution < 1.29 is 0 Å². The van der Waals surface area contributed by atoms with Crippen LogP contribution in [0.4, 0.5) is 0 Å². The van der Waals surface area contributed by atoms with Crippen LogP contribution in [-0.4, -0.2) is 21.3 Å². The Morgan fingerprint density at radius 1 is 1.50 bits per heavy atom. The second kappa shape index (κ2) is 4.09. The molecule has 4 nitrogen and oxygen atoms in total. The lowest BCUT2D eigenvalue weighted by molar-refractivity contribution is 0.351. The highest BCUT2D eigenvalue weighted by molar-refractivity contribution is 4.92. The van der Waals surface area contributed by atoms with E-state index in [9.17, 15) is 0 Å². The third kappa shape index (κ3) is 2.54. The molecule has 0 saturated carbocycles. The summed E-state index contributed by atoms with van der Waals surface area (Å²) in [4.78, 5) is 4.27. The van der Waals surface area contributed by atoms with E-state index in [1.54, 1.807) is 6.33 Å². The first-order valence-electron chi connectivity index (χ1n) is 5.05. The number of nitrogens with zero attached hydrogens (tertiary/aromatic N) is 3. The minimum absolute atomic E-state index is 0.0969. The van der Waals surface area contributed by atoms with Crippen molar-refractivity contribution >= 4 is 0 Å². The first-order valence-corrected chi connectivity index (χ1v) is 5.05. The van der Waals surface area contributed by atoms with E-state index in [4.69, 9.17) is 5.73 Å². The highest BCUT2D eigenvalue weighted by Gasteiger charge is 2.20. The van der Waals surface area contributed by atoms with Crippen molar-refractivity contribution in [1.82, 2.24) is 14.8 Å². The van der Waals surface area contributed by atoms with Crippen LogP contribution >= 0.6 is 0 Å². The van der Waals surface area contributed by atoms with Gasteiger partial charge in [-0.25, -0.2) is 9.67 Å². The SMILES string of the molecule is CC(C)n1ncnc1CC(C)(C)CN. The summed E-state index contributed by atoms with van der Waals surface area (Å²) in [7, 11) is 0. The highest BCUT2D eigenvalue weighted by Crippen LogP contribution is 2.19. The van der Waals surface area contributed by atoms with E-state index in [1.165, 1.54) is 0 Å². The van der Waals surface area contributed by atoms with Crippen molar-refractivity contribution in [3.8, 4) is 0 Å². The largest absolute Gasteiger partial charge is 0.330 e. The van der Waals surface area contributed by atoms with E-state index in [0.717, 1.165) is 12.2 Å². The first-order chi connectivity index (χ1) is 6.46. The van der Waals surface area contributed by atoms with E-state index in [-0.39, 0.29) is 5.41 Å². The van der Waals surface area contributed by atoms with Crippen LogP contribution in [0.1, 0.15) is 39.6 Å². The Morgan fingerprint density at radius 2 is 2.14 bits per heavy atom. The average molecular weight is 196 g/mol. The molecule has 1 aromatic heterocycles. The van der Waals surface area contributed by atoms with Crippen molar-refractivity contribution in [2.24, 2.45) is 11.1 Å². The molecule has 0 aromatic carbocycles. The summed E-state index contributed by atoms with van der Waals surface area (Å²) in [5.41, 5.74) is 5.79. The molecule has 0 aliphatic carbocycles. The van der Waals surface area contributed by atoms with Crippen LogP contribution in [0.3, 0.4) is 0 Å². The Hall–Kier alpha value is -0.900. The molecule has 0 unspecified atom stereocenters. The van der Waals surface area contributed by atoms with Crippen molar-refractivity contribution in [2.45, 2.75) is 40.2 Å². The van der Waals surface area contributed by atoms with Crippen LogP contribution in [0.25, 0.3) is 0 Å². The van der Waals surface area contributed by atoms with Crippen molar-refractivity contribution in [3.05, 3.63) is 12.2 Å². The van der Waals surface area contributed by atoms with Gasteiger partial charge >= 0.3 is 0 Å². The van der Waals surface area contributed by atoms with Gasteiger partial charge in [-0.1, -0.05) is 13.8 Å². The van der Waals surface area contributed by atoms with Gasteiger partial charge < -0.3 is 5.73 Å². The Balaban J connectivity index is 2.81. The van der Waals surface area contributed by atoms with Gasteiger partial charge in [0.25, 0.3) is 0 Å². The summed E-state index contributed by atoms with van der Waals surface area (Å²) in [6.45, 7) is 9.16. The molecule has 2 N–H and O–H groups in total. The number of hydrogen-bond donors (Lipinski definition) is 1. The molecule has 0 aliphatic rings. The quantitative estimate of drug-likeness (QED) is 0.791. The summed E-state index contributed by atoms with van der Waals surface area (Å²) in [5, 5.41) is 4.20. The van der Waals surface area contributed by atoms with Gasteiger partial charge in [0.15, 0.2) is 0 Å². The Kier molecular flexibility index (Phi) is 3.26. The van der Waals surface area contributed by atoms with Crippen LogP contribution in [0.5, 0.6) is 0 Å². The normalized spacial score (nSPS) is 12.4. The van der Waals surface area contributed by atoms with E-state index in [1.807, 2.05) is 4.68 Å². The molecule has 1 aromatic rings. The zero-order chi connectivity index (χ0) is 10.8. The molecule has 0 saturated heterocycles. The highest BCUT2D eigenvalue weighted by atomic mass is 15.3. The van der Waals surface area contributed by atoms with Crippen LogP contribution < -0.4 is 5.73 Å². The second-order valence-electron chi connectivity index (χ2n) is 4.76. The first kappa shape index (κ1) is 11.2. The molecule has 0 amide bonds. The third-order valence-electron chi connectivity index (χ3n) is 2.33. The molecule has 1 heterocycles. The standard InChI is InChI=1S/C10H20N4/c1-8(2)14-9(12-7-13-14)5-10(3,4)6-11/h7-8H,5-6,11H2,1-4H3. The smallest absolute Gasteiger partial charge is 0.138 e. The second-order valence-corrected chi connectivity index (χ2v) is 4.76. The fraction of sp³-hybridized carbons (Fsp3) is 0.800. The lowest BCUT2D eigenvalue weighted by Crippen LogP contribution is -2.27. The molecule has 4 heteroatoms. The van der Waals surface area contributed by atoms with Crippen molar-refractivity contribution in [1.29, 1.82) is 0 Å². The average Bonchev–Trinajstić information content (AvgIpc) is 2.51. The molecule has 0 fully saturated rings. The van der Waals surface area contributed by atoms with E-state index in [2.05, 4.69) is 37.8 Å². The summed E-state index contributed by atoms with van der Waals surface area (Å²) in [5.74, 6) is 1.02. The summed E-state index contributed by atoms with van der Waals surface area (Å²) in [6, 6.07) is 0.362. The predicted octanol–water partition coefficient (Wildman–Crippen LogP) is 1.39. The van der Waals surface area contributed by atoms with Crippen LogP contribution in [-0.2, 0) is 6.42 Å². The zero-order valence-corrected chi connectivity index (χ0v) is 9.49. The molecule has 0 aliphatic heterocycles. The minimum atomic E-state index is 0.0969. The van der Waals surface area contributed by atoms with Gasteiger partial charge in [-0.15, -0.1) is 0 Å². The number of aromatic nitrogens is 3. The molecular formula is C10H20N4. The van der Waals surface area contributed by atoms with Gasteiger partial charge in [-0.05, 0) is 25.8 Å². The molecule has 0 radical (unpaired) electrons. The topological polar surface area (TPSA) is 56.7 Å². The van der Waals surface area contributed by atoms with Gasteiger partial charge in [0, 0.05) is 12.5 Å². The Labute approximate surface area is 85.5 Å².